The molecule has 1 aromatic carbocycles. The second-order valence-electron chi connectivity index (χ2n) is 11.5. The Morgan fingerprint density at radius 1 is 1.06 bits per heavy atom. The van der Waals surface area contributed by atoms with Gasteiger partial charge in [-0.25, -0.2) is 0 Å². The molecule has 31 heavy (non-hydrogen) atoms. The highest BCUT2D eigenvalue weighted by molar-refractivity contribution is 7.49. The van der Waals surface area contributed by atoms with Crippen LogP contribution in [0.2, 0.25) is 0 Å². The summed E-state index contributed by atoms with van der Waals surface area (Å²) < 4.78 is 15.6. The predicted molar refractivity (Wildman–Crippen MR) is 129 cm³/mol. The van der Waals surface area contributed by atoms with Crippen LogP contribution in [0, 0.1) is 11.3 Å². The average Bonchev–Trinajstić information content (AvgIpc) is 2.61. The first-order valence-electron chi connectivity index (χ1n) is 11.5. The number of benzene rings is 1. The molecule has 2 aliphatic rings. The first kappa shape index (κ1) is 24.5. The summed E-state index contributed by atoms with van der Waals surface area (Å²) in [4.78, 5) is 14.6. The molecule has 2 saturated heterocycles. The number of likely N-dealkylation sites (tertiary alicyclic amines) is 1. The number of amides is 1. The topological polar surface area (TPSA) is 42.0 Å². The van der Waals surface area contributed by atoms with Gasteiger partial charge in [0.25, 0.3) is 8.53 Å². The van der Waals surface area contributed by atoms with E-state index in [-0.39, 0.29) is 34.5 Å². The quantitative estimate of drug-likeness (QED) is 0.501. The van der Waals surface area contributed by atoms with Crippen LogP contribution in [0.3, 0.4) is 0 Å². The lowest BCUT2D eigenvalue weighted by atomic mass is 9.76. The maximum Gasteiger partial charge on any atom is 0.290 e. The molecule has 6 heteroatoms. The molecule has 2 heterocycles. The Kier molecular flexibility index (Phi) is 6.83. The van der Waals surface area contributed by atoms with Crippen molar-refractivity contribution in [1.29, 1.82) is 0 Å². The fourth-order valence-corrected chi connectivity index (χ4v) is 8.19. The summed E-state index contributed by atoms with van der Waals surface area (Å²) in [6.07, 6.45) is 1.87. The molecule has 0 spiro atoms. The molecule has 174 valence electrons. The molecule has 5 nitrogen and oxygen atoms in total. The van der Waals surface area contributed by atoms with E-state index in [2.05, 4.69) is 89.2 Å². The van der Waals surface area contributed by atoms with Gasteiger partial charge in [-0.2, -0.15) is 0 Å². The van der Waals surface area contributed by atoms with Crippen molar-refractivity contribution >= 4 is 20.1 Å². The fraction of sp³-hybridized carbons (Fsp3) is 0.720. The molecule has 2 unspecified atom stereocenters. The molecule has 1 amide bonds. The molecule has 3 rings (SSSR count). The fourth-order valence-electron chi connectivity index (χ4n) is 5.98. The molecule has 0 N–H and O–H groups in total. The van der Waals surface area contributed by atoms with Crippen LogP contribution in [0.25, 0.3) is 0 Å². The molecule has 2 aliphatic heterocycles. The Balaban J connectivity index is 1.99. The third kappa shape index (κ3) is 4.94. The van der Waals surface area contributed by atoms with Crippen LogP contribution in [-0.2, 0) is 13.8 Å². The van der Waals surface area contributed by atoms with Crippen LogP contribution in [-0.4, -0.2) is 40.6 Å². The smallest absolute Gasteiger partial charge is 0.290 e. The van der Waals surface area contributed by atoms with Gasteiger partial charge in [-0.05, 0) is 58.6 Å². The minimum absolute atomic E-state index is 0.0219. The first-order valence-corrected chi connectivity index (χ1v) is 12.6. The Hall–Kier alpha value is -1.16. The maximum absolute atomic E-state index is 12.5. The number of rotatable bonds is 4. The normalized spacial score (nSPS) is 27.9. The number of carbonyl (C=O) groups is 1. The summed E-state index contributed by atoms with van der Waals surface area (Å²) in [6, 6.07) is 10.7. The largest absolute Gasteiger partial charge is 0.333 e. The zero-order valence-electron chi connectivity index (χ0n) is 20.8. The van der Waals surface area contributed by atoms with Crippen molar-refractivity contribution in [1.82, 2.24) is 4.90 Å². The molecule has 2 atom stereocenters. The zero-order chi connectivity index (χ0) is 23.2. The molecule has 0 aliphatic carbocycles. The standard InChI is InChI=1S/C25H41N2O3P/c1-18(2)22-23(4,5)17-29-31(30-22)26(20-13-11-10-12-14-20)21-15-24(6,7)27(19(3)28)25(8,9)16-21/h10-14,18,21-22H,15-17H2,1-9H3. The van der Waals surface area contributed by atoms with Gasteiger partial charge in [-0.3, -0.25) is 4.79 Å². The molecular weight excluding hydrogens is 407 g/mol. The lowest BCUT2D eigenvalue weighted by molar-refractivity contribution is -0.147. The van der Waals surface area contributed by atoms with Crippen molar-refractivity contribution in [3.05, 3.63) is 30.3 Å². The molecule has 2 fully saturated rings. The monoisotopic (exact) mass is 448 g/mol. The summed E-state index contributed by atoms with van der Waals surface area (Å²) in [5.41, 5.74) is 0.593. The van der Waals surface area contributed by atoms with Crippen LogP contribution >= 0.6 is 8.53 Å². The van der Waals surface area contributed by atoms with Gasteiger partial charge in [0, 0.05) is 35.1 Å². The molecule has 0 bridgehead atoms. The number of para-hydroxylation sites is 1. The zero-order valence-corrected chi connectivity index (χ0v) is 21.7. The van der Waals surface area contributed by atoms with E-state index >= 15 is 0 Å². The van der Waals surface area contributed by atoms with Crippen molar-refractivity contribution in [3.8, 4) is 0 Å². The average molecular weight is 449 g/mol. The van der Waals surface area contributed by atoms with E-state index in [1.54, 1.807) is 6.92 Å². The molecule has 0 saturated carbocycles. The van der Waals surface area contributed by atoms with Gasteiger partial charge >= 0.3 is 0 Å². The number of hydrogen-bond acceptors (Lipinski definition) is 4. The maximum atomic E-state index is 12.5. The van der Waals surface area contributed by atoms with Crippen molar-refractivity contribution in [2.75, 3.05) is 11.3 Å². The van der Waals surface area contributed by atoms with E-state index in [0.717, 1.165) is 18.5 Å². The number of nitrogens with zero attached hydrogens (tertiary/aromatic N) is 2. The van der Waals surface area contributed by atoms with Gasteiger partial charge in [-0.15, -0.1) is 0 Å². The van der Waals surface area contributed by atoms with Crippen LogP contribution in [0.1, 0.15) is 75.2 Å². The van der Waals surface area contributed by atoms with Crippen LogP contribution < -0.4 is 4.67 Å². The first-order chi connectivity index (χ1) is 14.3. The lowest BCUT2D eigenvalue weighted by Gasteiger charge is -2.58. The summed E-state index contributed by atoms with van der Waals surface area (Å²) in [6.45, 7) is 20.0. The van der Waals surface area contributed by atoms with Gasteiger partial charge in [0.1, 0.15) is 0 Å². The molecule has 0 radical (unpaired) electrons. The van der Waals surface area contributed by atoms with E-state index in [1.165, 1.54) is 0 Å². The Morgan fingerprint density at radius 2 is 1.61 bits per heavy atom. The number of carbonyl (C=O) groups excluding carboxylic acids is 1. The van der Waals surface area contributed by atoms with Gasteiger partial charge < -0.3 is 18.6 Å². The predicted octanol–water partition coefficient (Wildman–Crippen LogP) is 6.39. The van der Waals surface area contributed by atoms with Gasteiger partial charge in [0.05, 0.1) is 12.7 Å². The molecule has 1 aromatic rings. The van der Waals surface area contributed by atoms with Gasteiger partial charge in [0.2, 0.25) is 5.91 Å². The SMILES string of the molecule is CC(=O)N1C(C)(C)CC(N(c2ccccc2)P2OCC(C)(C)C(C(C)C)O2)CC1(C)C. The molecule has 0 aromatic heterocycles. The van der Waals surface area contributed by atoms with Crippen LogP contribution in [0.5, 0.6) is 0 Å². The van der Waals surface area contributed by atoms with Gasteiger partial charge in [-0.1, -0.05) is 45.9 Å². The van der Waals surface area contributed by atoms with E-state index in [1.807, 2.05) is 6.07 Å². The Bertz CT molecular complexity index is 760. The van der Waals surface area contributed by atoms with Crippen LogP contribution in [0.4, 0.5) is 5.69 Å². The van der Waals surface area contributed by atoms with Crippen molar-refractivity contribution in [2.24, 2.45) is 11.3 Å². The highest BCUT2D eigenvalue weighted by atomic mass is 31.2. The van der Waals surface area contributed by atoms with E-state index < -0.39 is 8.53 Å². The highest BCUT2D eigenvalue weighted by Gasteiger charge is 2.51. The minimum Gasteiger partial charge on any atom is -0.333 e. The number of anilines is 1. The minimum atomic E-state index is -1.25. The van der Waals surface area contributed by atoms with E-state index in [4.69, 9.17) is 9.05 Å². The third-order valence-corrected chi connectivity index (χ3v) is 8.33. The van der Waals surface area contributed by atoms with Gasteiger partial charge in [0.15, 0.2) is 0 Å². The Labute approximate surface area is 190 Å². The second-order valence-corrected chi connectivity index (χ2v) is 12.9. The molecular formula is C25H41N2O3P. The summed E-state index contributed by atoms with van der Waals surface area (Å²) in [5.74, 6) is 0.547. The number of hydrogen-bond donors (Lipinski definition) is 0. The Morgan fingerprint density at radius 3 is 2.10 bits per heavy atom. The summed E-state index contributed by atoms with van der Waals surface area (Å²) >= 11 is 0. The third-order valence-electron chi connectivity index (χ3n) is 6.66. The van der Waals surface area contributed by atoms with E-state index in [9.17, 15) is 4.79 Å². The highest BCUT2D eigenvalue weighted by Crippen LogP contribution is 2.58. The summed E-state index contributed by atoms with van der Waals surface area (Å²) in [7, 11) is -1.25. The van der Waals surface area contributed by atoms with Crippen molar-refractivity contribution in [2.45, 2.75) is 98.4 Å². The van der Waals surface area contributed by atoms with Crippen molar-refractivity contribution in [3.63, 3.8) is 0 Å². The lowest BCUT2D eigenvalue weighted by Crippen LogP contribution is -2.65. The summed E-state index contributed by atoms with van der Waals surface area (Å²) in [5, 5.41) is 0. The van der Waals surface area contributed by atoms with Crippen LogP contribution in [0.15, 0.2) is 30.3 Å². The van der Waals surface area contributed by atoms with E-state index in [0.29, 0.717) is 12.5 Å². The number of piperidine rings is 1. The van der Waals surface area contributed by atoms with Crippen molar-refractivity contribution < 1.29 is 13.8 Å². The second kappa shape index (κ2) is 8.65.